The van der Waals surface area contributed by atoms with E-state index in [1.165, 1.54) is 0 Å². The van der Waals surface area contributed by atoms with Crippen LogP contribution < -0.4 is 5.73 Å². The molecule has 0 fully saturated rings. The summed E-state index contributed by atoms with van der Waals surface area (Å²) >= 11 is 0. The number of rotatable bonds is 4. The maximum absolute atomic E-state index is 12.2. The Kier molecular flexibility index (Phi) is 3.48. The van der Waals surface area contributed by atoms with E-state index < -0.39 is 5.54 Å². The third-order valence-corrected chi connectivity index (χ3v) is 3.60. The van der Waals surface area contributed by atoms with Gasteiger partial charge in [-0.05, 0) is 29.7 Å². The van der Waals surface area contributed by atoms with Crippen LogP contribution in [-0.2, 0) is 11.2 Å². The molecule has 0 aliphatic heterocycles. The van der Waals surface area contributed by atoms with E-state index in [9.17, 15) is 4.79 Å². The topological polar surface area (TPSA) is 43.1 Å². The van der Waals surface area contributed by atoms with Crippen LogP contribution in [0.5, 0.6) is 0 Å². The number of benzene rings is 2. The van der Waals surface area contributed by atoms with Crippen molar-refractivity contribution in [3.05, 3.63) is 48.0 Å². The quantitative estimate of drug-likeness (QED) is 0.894. The molecule has 0 spiro atoms. The van der Waals surface area contributed by atoms with E-state index >= 15 is 0 Å². The fourth-order valence-electron chi connectivity index (χ4n) is 2.02. The number of nitrogens with two attached hydrogens (primary N) is 1. The van der Waals surface area contributed by atoms with Crippen molar-refractivity contribution in [3.63, 3.8) is 0 Å². The summed E-state index contributed by atoms with van der Waals surface area (Å²) in [6.45, 7) is 3.75. The summed E-state index contributed by atoms with van der Waals surface area (Å²) in [7, 11) is 0. The highest BCUT2D eigenvalue weighted by Crippen LogP contribution is 2.21. The molecule has 0 bridgehead atoms. The van der Waals surface area contributed by atoms with Gasteiger partial charge in [0.25, 0.3) is 0 Å². The van der Waals surface area contributed by atoms with Gasteiger partial charge in [-0.1, -0.05) is 49.4 Å². The van der Waals surface area contributed by atoms with Crippen molar-refractivity contribution in [2.24, 2.45) is 5.73 Å². The van der Waals surface area contributed by atoms with Crippen molar-refractivity contribution in [3.8, 4) is 0 Å². The molecule has 2 aromatic rings. The van der Waals surface area contributed by atoms with Crippen LogP contribution in [0.2, 0.25) is 0 Å². The molecule has 0 heterocycles. The zero-order chi connectivity index (χ0) is 13.2. The van der Waals surface area contributed by atoms with Crippen LogP contribution in [0.15, 0.2) is 42.5 Å². The Morgan fingerprint density at radius 1 is 1.17 bits per heavy atom. The number of fused-ring (bicyclic) bond motifs is 1. The van der Waals surface area contributed by atoms with Gasteiger partial charge in [0.05, 0.1) is 5.54 Å². The SMILES string of the molecule is CCC(C)(N)C(=O)Cc1cccc2ccccc12. The Bertz CT molecular complexity index is 567. The molecule has 18 heavy (non-hydrogen) atoms. The van der Waals surface area contributed by atoms with Gasteiger partial charge in [-0.3, -0.25) is 4.79 Å². The van der Waals surface area contributed by atoms with Gasteiger partial charge < -0.3 is 5.73 Å². The summed E-state index contributed by atoms with van der Waals surface area (Å²) < 4.78 is 0. The van der Waals surface area contributed by atoms with Gasteiger partial charge in [0, 0.05) is 6.42 Å². The predicted molar refractivity (Wildman–Crippen MR) is 75.5 cm³/mol. The van der Waals surface area contributed by atoms with E-state index in [0.29, 0.717) is 12.8 Å². The molecule has 0 aliphatic rings. The molecule has 0 saturated heterocycles. The largest absolute Gasteiger partial charge is 0.319 e. The van der Waals surface area contributed by atoms with Crippen LogP contribution in [0, 0.1) is 0 Å². The van der Waals surface area contributed by atoms with E-state index in [1.807, 2.05) is 31.2 Å². The van der Waals surface area contributed by atoms with Crippen molar-refractivity contribution in [2.75, 3.05) is 0 Å². The molecule has 0 aromatic heterocycles. The fourth-order valence-corrected chi connectivity index (χ4v) is 2.02. The first-order valence-electron chi connectivity index (χ1n) is 6.33. The molecule has 2 rings (SSSR count). The molecule has 2 heteroatoms. The van der Waals surface area contributed by atoms with Gasteiger partial charge in [-0.15, -0.1) is 0 Å². The standard InChI is InChI=1S/C16H19NO/c1-3-16(2,17)15(18)11-13-9-6-8-12-7-4-5-10-14(12)13/h4-10H,3,11,17H2,1-2H3. The second-order valence-corrected chi connectivity index (χ2v) is 5.01. The van der Waals surface area contributed by atoms with Crippen molar-refractivity contribution >= 4 is 16.6 Å². The molecule has 0 saturated carbocycles. The van der Waals surface area contributed by atoms with Crippen molar-refractivity contribution < 1.29 is 4.79 Å². The summed E-state index contributed by atoms with van der Waals surface area (Å²) in [4.78, 5) is 12.2. The highest BCUT2D eigenvalue weighted by molar-refractivity contribution is 5.94. The number of carbonyl (C=O) groups excluding carboxylic acids is 1. The lowest BCUT2D eigenvalue weighted by Crippen LogP contribution is -2.45. The normalized spacial score (nSPS) is 14.4. The molecule has 1 unspecified atom stereocenters. The van der Waals surface area contributed by atoms with Crippen LogP contribution >= 0.6 is 0 Å². The minimum atomic E-state index is -0.725. The van der Waals surface area contributed by atoms with Gasteiger partial charge in [0.15, 0.2) is 5.78 Å². The Labute approximate surface area is 108 Å². The number of ketones is 1. The highest BCUT2D eigenvalue weighted by Gasteiger charge is 2.25. The number of hydrogen-bond donors (Lipinski definition) is 1. The van der Waals surface area contributed by atoms with Gasteiger partial charge in [-0.2, -0.15) is 0 Å². The first-order chi connectivity index (χ1) is 8.54. The maximum atomic E-state index is 12.2. The van der Waals surface area contributed by atoms with Crippen molar-refractivity contribution in [1.29, 1.82) is 0 Å². The van der Waals surface area contributed by atoms with Crippen molar-refractivity contribution in [1.82, 2.24) is 0 Å². The highest BCUT2D eigenvalue weighted by atomic mass is 16.1. The van der Waals surface area contributed by atoms with Gasteiger partial charge in [-0.25, -0.2) is 0 Å². The lowest BCUT2D eigenvalue weighted by Gasteiger charge is -2.21. The third kappa shape index (κ3) is 2.44. The average Bonchev–Trinajstić information content (AvgIpc) is 2.39. The molecule has 1 atom stereocenters. The molecule has 0 aliphatic carbocycles. The summed E-state index contributed by atoms with van der Waals surface area (Å²) in [6, 6.07) is 14.2. The van der Waals surface area contributed by atoms with Gasteiger partial charge >= 0.3 is 0 Å². The van der Waals surface area contributed by atoms with Crippen LogP contribution in [0.3, 0.4) is 0 Å². The monoisotopic (exact) mass is 241 g/mol. The Morgan fingerprint density at radius 2 is 1.83 bits per heavy atom. The van der Waals surface area contributed by atoms with E-state index in [4.69, 9.17) is 5.73 Å². The summed E-state index contributed by atoms with van der Waals surface area (Å²) in [5.74, 6) is 0.0985. The third-order valence-electron chi connectivity index (χ3n) is 3.60. The summed E-state index contributed by atoms with van der Waals surface area (Å²) in [5.41, 5.74) is 6.34. The zero-order valence-corrected chi connectivity index (χ0v) is 10.9. The van der Waals surface area contributed by atoms with Crippen LogP contribution in [-0.4, -0.2) is 11.3 Å². The second-order valence-electron chi connectivity index (χ2n) is 5.01. The van der Waals surface area contributed by atoms with E-state index in [2.05, 4.69) is 18.2 Å². The summed E-state index contributed by atoms with van der Waals surface area (Å²) in [6.07, 6.45) is 1.07. The van der Waals surface area contributed by atoms with Crippen LogP contribution in [0.4, 0.5) is 0 Å². The van der Waals surface area contributed by atoms with Crippen molar-refractivity contribution in [2.45, 2.75) is 32.2 Å². The number of Topliss-reactive ketones (excluding diaryl/α,β-unsaturated/α-hetero) is 1. The lowest BCUT2D eigenvalue weighted by molar-refractivity contribution is -0.123. The average molecular weight is 241 g/mol. The molecular formula is C16H19NO. The van der Waals surface area contributed by atoms with Gasteiger partial charge in [0.1, 0.15) is 0 Å². The Balaban J connectivity index is 2.36. The first kappa shape index (κ1) is 12.8. The molecule has 0 radical (unpaired) electrons. The van der Waals surface area contributed by atoms with Crippen LogP contribution in [0.1, 0.15) is 25.8 Å². The fraction of sp³-hybridized carbons (Fsp3) is 0.312. The molecule has 0 amide bonds. The summed E-state index contributed by atoms with van der Waals surface area (Å²) in [5, 5.41) is 2.30. The smallest absolute Gasteiger partial charge is 0.156 e. The molecule has 2 nitrogen and oxygen atoms in total. The van der Waals surface area contributed by atoms with E-state index in [-0.39, 0.29) is 5.78 Å². The second kappa shape index (κ2) is 4.91. The molecule has 94 valence electrons. The molecular weight excluding hydrogens is 222 g/mol. The number of hydrogen-bond acceptors (Lipinski definition) is 2. The minimum absolute atomic E-state index is 0.0985. The van der Waals surface area contributed by atoms with Crippen LogP contribution in [0.25, 0.3) is 10.8 Å². The Morgan fingerprint density at radius 3 is 2.56 bits per heavy atom. The predicted octanol–water partition coefficient (Wildman–Crippen LogP) is 3.08. The first-order valence-corrected chi connectivity index (χ1v) is 6.33. The van der Waals surface area contributed by atoms with E-state index in [0.717, 1.165) is 16.3 Å². The number of carbonyl (C=O) groups is 1. The van der Waals surface area contributed by atoms with E-state index in [1.54, 1.807) is 6.92 Å². The molecule has 2 N–H and O–H groups in total. The minimum Gasteiger partial charge on any atom is -0.319 e. The Hall–Kier alpha value is -1.67. The maximum Gasteiger partial charge on any atom is 0.156 e. The molecule has 2 aromatic carbocycles. The van der Waals surface area contributed by atoms with Gasteiger partial charge in [0.2, 0.25) is 0 Å². The lowest BCUT2D eigenvalue weighted by atomic mass is 9.89. The zero-order valence-electron chi connectivity index (χ0n) is 10.9.